The van der Waals surface area contributed by atoms with Crippen LogP contribution in [0.1, 0.15) is 38.3 Å². The molecule has 0 aliphatic carbocycles. The molecule has 1 aromatic carbocycles. The lowest BCUT2D eigenvalue weighted by Gasteiger charge is -2.40. The Kier molecular flexibility index (Phi) is 5.90. The van der Waals surface area contributed by atoms with Crippen LogP contribution in [0.2, 0.25) is 0 Å². The van der Waals surface area contributed by atoms with Crippen LogP contribution >= 0.6 is 0 Å². The van der Waals surface area contributed by atoms with Crippen molar-refractivity contribution in [2.24, 2.45) is 5.92 Å². The Balaban J connectivity index is 2.41. The lowest BCUT2D eigenvalue weighted by atomic mass is 9.90. The van der Waals surface area contributed by atoms with E-state index in [2.05, 4.69) is 0 Å². The number of allylic oxidation sites excluding steroid dienone is 1. The highest BCUT2D eigenvalue weighted by Gasteiger charge is 2.37. The van der Waals surface area contributed by atoms with Crippen LogP contribution in [0.3, 0.4) is 0 Å². The molecule has 3 atom stereocenters. The van der Waals surface area contributed by atoms with Gasteiger partial charge in [-0.3, -0.25) is 14.9 Å². The van der Waals surface area contributed by atoms with E-state index in [0.29, 0.717) is 0 Å². The number of esters is 1. The molecule has 1 aromatic rings. The number of non-ortho nitro benzene ring substituents is 1. The van der Waals surface area contributed by atoms with Crippen molar-refractivity contribution >= 4 is 17.4 Å². The van der Waals surface area contributed by atoms with Gasteiger partial charge in [0.05, 0.1) is 18.1 Å². The van der Waals surface area contributed by atoms with Gasteiger partial charge in [-0.1, -0.05) is 32.4 Å². The highest BCUT2D eigenvalue weighted by atomic mass is 16.6. The topological polar surface area (TPSA) is 89.8 Å². The Morgan fingerprint density at radius 3 is 2.56 bits per heavy atom. The third-order valence-corrected chi connectivity index (χ3v) is 4.62. The van der Waals surface area contributed by atoms with Crippen molar-refractivity contribution < 1.29 is 19.2 Å². The summed E-state index contributed by atoms with van der Waals surface area (Å²) < 4.78 is 4.96. The SMILES string of the molecule is CCC(C)[C@H](C(=O)OC)N1C=CC(=O)C[C@H]1c1ccc([N+](=O)[O-])cc1. The van der Waals surface area contributed by atoms with Gasteiger partial charge in [0.2, 0.25) is 0 Å². The molecule has 1 aliphatic rings. The van der Waals surface area contributed by atoms with Gasteiger partial charge in [-0.2, -0.15) is 0 Å². The summed E-state index contributed by atoms with van der Waals surface area (Å²) >= 11 is 0. The van der Waals surface area contributed by atoms with Gasteiger partial charge in [-0.05, 0) is 17.6 Å². The smallest absolute Gasteiger partial charge is 0.328 e. The van der Waals surface area contributed by atoms with Gasteiger partial charge in [0.25, 0.3) is 5.69 Å². The highest BCUT2D eigenvalue weighted by Crippen LogP contribution is 2.34. The number of rotatable bonds is 6. The first kappa shape index (κ1) is 18.6. The van der Waals surface area contributed by atoms with Crippen LogP contribution in [0.15, 0.2) is 36.5 Å². The first-order valence-corrected chi connectivity index (χ1v) is 8.19. The molecular formula is C18H22N2O5. The maximum Gasteiger partial charge on any atom is 0.328 e. The lowest BCUT2D eigenvalue weighted by molar-refractivity contribution is -0.384. The molecule has 134 valence electrons. The van der Waals surface area contributed by atoms with Crippen LogP contribution in [0.5, 0.6) is 0 Å². The molecule has 2 rings (SSSR count). The molecule has 0 aromatic heterocycles. The van der Waals surface area contributed by atoms with E-state index >= 15 is 0 Å². The van der Waals surface area contributed by atoms with Crippen LogP contribution < -0.4 is 0 Å². The second-order valence-corrected chi connectivity index (χ2v) is 6.15. The van der Waals surface area contributed by atoms with Crippen molar-refractivity contribution in [3.8, 4) is 0 Å². The van der Waals surface area contributed by atoms with Crippen LogP contribution in [-0.2, 0) is 14.3 Å². The zero-order valence-electron chi connectivity index (χ0n) is 14.5. The molecule has 0 saturated heterocycles. The molecule has 7 heteroatoms. The molecule has 0 saturated carbocycles. The Morgan fingerprint density at radius 1 is 1.40 bits per heavy atom. The van der Waals surface area contributed by atoms with Crippen LogP contribution in [0, 0.1) is 16.0 Å². The second kappa shape index (κ2) is 7.92. The van der Waals surface area contributed by atoms with Crippen LogP contribution in [-0.4, -0.2) is 34.7 Å². The van der Waals surface area contributed by atoms with E-state index in [1.54, 1.807) is 18.3 Å². The largest absolute Gasteiger partial charge is 0.467 e. The minimum Gasteiger partial charge on any atom is -0.467 e. The molecule has 0 amide bonds. The number of benzene rings is 1. The normalized spacial score (nSPS) is 19.4. The molecule has 1 unspecified atom stereocenters. The van der Waals surface area contributed by atoms with Gasteiger partial charge in [0, 0.05) is 24.8 Å². The van der Waals surface area contributed by atoms with Gasteiger partial charge < -0.3 is 9.64 Å². The van der Waals surface area contributed by atoms with Crippen LogP contribution in [0.4, 0.5) is 5.69 Å². The molecule has 0 N–H and O–H groups in total. The molecule has 1 aliphatic heterocycles. The summed E-state index contributed by atoms with van der Waals surface area (Å²) in [7, 11) is 1.34. The molecule has 0 bridgehead atoms. The number of ketones is 1. The minimum atomic E-state index is -0.528. The summed E-state index contributed by atoms with van der Waals surface area (Å²) in [6.07, 6.45) is 4.06. The number of nitrogens with zero attached hydrogens (tertiary/aromatic N) is 2. The summed E-state index contributed by atoms with van der Waals surface area (Å²) in [5.41, 5.74) is 0.736. The Morgan fingerprint density at radius 2 is 2.04 bits per heavy atom. The number of hydrogen-bond acceptors (Lipinski definition) is 6. The molecular weight excluding hydrogens is 324 g/mol. The Hall–Kier alpha value is -2.70. The van der Waals surface area contributed by atoms with Crippen molar-refractivity contribution in [2.75, 3.05) is 7.11 Å². The maximum atomic E-state index is 12.3. The maximum absolute atomic E-state index is 12.3. The van der Waals surface area contributed by atoms with E-state index in [1.807, 2.05) is 18.7 Å². The molecule has 25 heavy (non-hydrogen) atoms. The summed E-state index contributed by atoms with van der Waals surface area (Å²) in [6, 6.07) is 5.19. The van der Waals surface area contributed by atoms with E-state index in [-0.39, 0.29) is 35.8 Å². The average molecular weight is 346 g/mol. The summed E-state index contributed by atoms with van der Waals surface area (Å²) in [6.45, 7) is 3.94. The number of carbonyl (C=O) groups excluding carboxylic acids is 2. The number of carbonyl (C=O) groups is 2. The quantitative estimate of drug-likeness (QED) is 0.447. The van der Waals surface area contributed by atoms with Crippen molar-refractivity contribution in [1.29, 1.82) is 0 Å². The molecule has 0 spiro atoms. The van der Waals surface area contributed by atoms with E-state index in [4.69, 9.17) is 4.74 Å². The van der Waals surface area contributed by atoms with E-state index in [1.165, 1.54) is 25.3 Å². The second-order valence-electron chi connectivity index (χ2n) is 6.15. The highest BCUT2D eigenvalue weighted by molar-refractivity contribution is 5.91. The Bertz CT molecular complexity index is 683. The fourth-order valence-electron chi connectivity index (χ4n) is 3.02. The minimum absolute atomic E-state index is 0.0144. The van der Waals surface area contributed by atoms with Gasteiger partial charge in [-0.15, -0.1) is 0 Å². The Labute approximate surface area is 146 Å². The third kappa shape index (κ3) is 4.04. The van der Waals surface area contributed by atoms with E-state index < -0.39 is 11.0 Å². The summed E-state index contributed by atoms with van der Waals surface area (Å²) in [4.78, 5) is 36.5. The molecule has 0 fully saturated rings. The van der Waals surface area contributed by atoms with Crippen LogP contribution in [0.25, 0.3) is 0 Å². The first-order chi connectivity index (χ1) is 11.9. The number of nitro benzene ring substituents is 1. The summed E-state index contributed by atoms with van der Waals surface area (Å²) in [5.74, 6) is -0.390. The zero-order valence-corrected chi connectivity index (χ0v) is 14.5. The lowest BCUT2D eigenvalue weighted by Crippen LogP contribution is -2.46. The number of methoxy groups -OCH3 is 1. The average Bonchev–Trinajstić information content (AvgIpc) is 2.62. The van der Waals surface area contributed by atoms with Crippen molar-refractivity contribution in [3.05, 3.63) is 52.2 Å². The van der Waals surface area contributed by atoms with Gasteiger partial charge in [-0.25, -0.2) is 4.79 Å². The monoisotopic (exact) mass is 346 g/mol. The van der Waals surface area contributed by atoms with Crippen molar-refractivity contribution in [2.45, 2.75) is 38.8 Å². The van der Waals surface area contributed by atoms with Gasteiger partial charge in [0.15, 0.2) is 5.78 Å². The van der Waals surface area contributed by atoms with E-state index in [0.717, 1.165) is 12.0 Å². The number of nitro groups is 1. The fourth-order valence-corrected chi connectivity index (χ4v) is 3.02. The number of hydrogen-bond donors (Lipinski definition) is 0. The molecule has 1 heterocycles. The fraction of sp³-hybridized carbons (Fsp3) is 0.444. The zero-order chi connectivity index (χ0) is 18.6. The molecule has 0 radical (unpaired) electrons. The standard InChI is InChI=1S/C18H22N2O5/c1-4-12(2)17(18(22)25-3)19-10-9-15(21)11-16(19)13-5-7-14(8-6-13)20(23)24/h5-10,12,16-17H,4,11H2,1-3H3/t12?,16-,17+/m0/s1. The van der Waals surface area contributed by atoms with Crippen molar-refractivity contribution in [3.63, 3.8) is 0 Å². The summed E-state index contributed by atoms with van der Waals surface area (Å²) in [5, 5.41) is 10.8. The van der Waals surface area contributed by atoms with Gasteiger partial charge >= 0.3 is 5.97 Å². The van der Waals surface area contributed by atoms with Crippen molar-refractivity contribution in [1.82, 2.24) is 4.90 Å². The van der Waals surface area contributed by atoms with E-state index in [9.17, 15) is 19.7 Å². The van der Waals surface area contributed by atoms with Gasteiger partial charge in [0.1, 0.15) is 6.04 Å². The first-order valence-electron chi connectivity index (χ1n) is 8.19. The third-order valence-electron chi connectivity index (χ3n) is 4.62. The predicted octanol–water partition coefficient (Wildman–Crippen LogP) is 3.01. The predicted molar refractivity (Wildman–Crippen MR) is 91.7 cm³/mol. The molecule has 7 nitrogen and oxygen atoms in total. The number of ether oxygens (including phenoxy) is 1.